The molecule has 6 rings (SSSR count). The van der Waals surface area contributed by atoms with Crippen LogP contribution in [-0.2, 0) is 4.79 Å². The molecule has 1 aliphatic heterocycles. The lowest BCUT2D eigenvalue weighted by Crippen LogP contribution is -2.41. The highest BCUT2D eigenvalue weighted by Crippen LogP contribution is 2.36. The van der Waals surface area contributed by atoms with Gasteiger partial charge in [0.15, 0.2) is 23.0 Å². The maximum Gasteiger partial charge on any atom is 0.264 e. The fourth-order valence-corrected chi connectivity index (χ4v) is 4.99. The Balaban J connectivity index is 1.30. The van der Waals surface area contributed by atoms with E-state index in [4.69, 9.17) is 15.6 Å². The molecule has 0 radical (unpaired) electrons. The zero-order valence-corrected chi connectivity index (χ0v) is 21.4. The zero-order chi connectivity index (χ0) is 27.8. The summed E-state index contributed by atoms with van der Waals surface area (Å²) in [6, 6.07) is 12.0. The van der Waals surface area contributed by atoms with Crippen molar-refractivity contribution in [2.24, 2.45) is 5.92 Å². The quantitative estimate of drug-likeness (QED) is 0.264. The van der Waals surface area contributed by atoms with Crippen LogP contribution in [0.15, 0.2) is 60.4 Å². The normalized spacial score (nSPS) is 17.6. The van der Waals surface area contributed by atoms with Gasteiger partial charge >= 0.3 is 0 Å². The number of fused-ring (bicyclic) bond motifs is 1. The molecular weight excluding hydrogens is 516 g/mol. The minimum Gasteiger partial charge on any atom is -0.451 e. The third-order valence-electron chi connectivity index (χ3n) is 7.19. The topological polar surface area (TPSA) is 123 Å². The minimum atomic E-state index is -0.802. The van der Waals surface area contributed by atoms with Gasteiger partial charge in [0.1, 0.15) is 35.2 Å². The molecule has 1 atom stereocenters. The summed E-state index contributed by atoms with van der Waals surface area (Å²) in [5.41, 5.74) is 8.20. The van der Waals surface area contributed by atoms with Gasteiger partial charge in [-0.05, 0) is 68.0 Å². The first-order valence-corrected chi connectivity index (χ1v) is 13.0. The number of anilines is 1. The van der Waals surface area contributed by atoms with Crippen molar-refractivity contribution in [3.63, 3.8) is 0 Å². The molecule has 1 saturated heterocycles. The second-order valence-electron chi connectivity index (χ2n) is 10.0. The van der Waals surface area contributed by atoms with Gasteiger partial charge in [0.2, 0.25) is 0 Å². The molecule has 2 fully saturated rings. The van der Waals surface area contributed by atoms with Crippen molar-refractivity contribution in [1.82, 2.24) is 24.6 Å². The molecule has 2 aromatic carbocycles. The molecule has 1 saturated carbocycles. The monoisotopic (exact) mass is 541 g/mol. The van der Waals surface area contributed by atoms with Crippen molar-refractivity contribution >= 4 is 22.8 Å². The smallest absolute Gasteiger partial charge is 0.264 e. The third-order valence-corrected chi connectivity index (χ3v) is 7.19. The summed E-state index contributed by atoms with van der Waals surface area (Å²) in [6.07, 6.45) is 6.69. The lowest BCUT2D eigenvalue weighted by atomic mass is 10.0. The minimum absolute atomic E-state index is 0.184. The maximum atomic E-state index is 14.0. The number of nitrogens with two attached hydrogens (primary N) is 1. The van der Waals surface area contributed by atoms with Crippen LogP contribution >= 0.6 is 0 Å². The van der Waals surface area contributed by atoms with E-state index in [0.29, 0.717) is 41.3 Å². The van der Waals surface area contributed by atoms with Crippen molar-refractivity contribution in [3.05, 3.63) is 72.1 Å². The summed E-state index contributed by atoms with van der Waals surface area (Å²) >= 11 is 0. The summed E-state index contributed by atoms with van der Waals surface area (Å²) < 4.78 is 35.3. The van der Waals surface area contributed by atoms with E-state index in [-0.39, 0.29) is 29.1 Å². The first-order valence-electron chi connectivity index (χ1n) is 13.0. The van der Waals surface area contributed by atoms with E-state index in [9.17, 15) is 18.8 Å². The lowest BCUT2D eigenvalue weighted by molar-refractivity contribution is -0.128. The standard InChI is InChI=1S/C29H25F2N7O2/c30-22-4-1-5-23(31)26(22)40-21-10-8-18(9-11-21)25-24-27(33)34-16-35-28(24)38(36-25)20-3-2-12-37(15-20)29(39)19(14-32)13-17-6-7-17/h1,4-5,8-11,13,16-17,20H,2-3,6-7,12,15H2,(H2,33,34,35)/b19-13+/t20-/m0/s1. The SMILES string of the molecule is N#C/C(=C\C1CC1)C(=O)N1CCC[C@H](n2nc(-c3ccc(Oc4c(F)cccc4F)cc3)c3c(N)ncnc32)C1. The van der Waals surface area contributed by atoms with Crippen LogP contribution in [0.1, 0.15) is 31.7 Å². The molecule has 4 aromatic rings. The summed E-state index contributed by atoms with van der Waals surface area (Å²) in [5, 5.41) is 15.0. The number of piperidine rings is 1. The number of nitrogens with zero attached hydrogens (tertiary/aromatic N) is 6. The predicted molar refractivity (Wildman–Crippen MR) is 143 cm³/mol. The number of nitrogen functional groups attached to an aromatic ring is 1. The van der Waals surface area contributed by atoms with E-state index in [1.54, 1.807) is 39.9 Å². The van der Waals surface area contributed by atoms with Crippen LogP contribution in [0.5, 0.6) is 11.5 Å². The van der Waals surface area contributed by atoms with Crippen LogP contribution in [0.3, 0.4) is 0 Å². The molecule has 1 aliphatic carbocycles. The number of allylic oxidation sites excluding steroid dienone is 1. The Hall–Kier alpha value is -4.85. The van der Waals surface area contributed by atoms with Crippen LogP contribution in [0.2, 0.25) is 0 Å². The van der Waals surface area contributed by atoms with Gasteiger partial charge in [-0.2, -0.15) is 10.4 Å². The third kappa shape index (κ3) is 4.84. The molecule has 2 aromatic heterocycles. The van der Waals surface area contributed by atoms with Crippen molar-refractivity contribution in [2.75, 3.05) is 18.8 Å². The number of carbonyl (C=O) groups is 1. The number of carbonyl (C=O) groups excluding carboxylic acids is 1. The zero-order valence-electron chi connectivity index (χ0n) is 21.4. The van der Waals surface area contributed by atoms with Gasteiger partial charge in [-0.1, -0.05) is 12.1 Å². The summed E-state index contributed by atoms with van der Waals surface area (Å²) in [7, 11) is 0. The van der Waals surface area contributed by atoms with E-state index in [2.05, 4.69) is 16.0 Å². The van der Waals surface area contributed by atoms with Gasteiger partial charge in [-0.25, -0.2) is 23.4 Å². The van der Waals surface area contributed by atoms with E-state index >= 15 is 0 Å². The highest BCUT2D eigenvalue weighted by atomic mass is 19.1. The molecule has 0 bridgehead atoms. The van der Waals surface area contributed by atoms with E-state index in [1.165, 1.54) is 12.4 Å². The number of likely N-dealkylation sites (tertiary alicyclic amines) is 1. The van der Waals surface area contributed by atoms with Gasteiger partial charge in [0, 0.05) is 18.7 Å². The Labute approximate surface area is 228 Å². The molecule has 1 amide bonds. The number of halogens is 2. The first-order chi connectivity index (χ1) is 19.4. The van der Waals surface area contributed by atoms with Gasteiger partial charge in [0.05, 0.1) is 11.4 Å². The Morgan fingerprint density at radius 3 is 2.55 bits per heavy atom. The van der Waals surface area contributed by atoms with Crippen molar-refractivity contribution < 1.29 is 18.3 Å². The van der Waals surface area contributed by atoms with Crippen molar-refractivity contribution in [2.45, 2.75) is 31.7 Å². The second kappa shape index (κ2) is 10.4. The number of hydrogen-bond acceptors (Lipinski definition) is 7. The fraction of sp³-hybridized carbons (Fsp3) is 0.276. The number of amides is 1. The number of nitriles is 1. The molecular formula is C29H25F2N7O2. The van der Waals surface area contributed by atoms with Crippen LogP contribution in [0, 0.1) is 28.9 Å². The van der Waals surface area contributed by atoms with E-state index in [1.807, 2.05) is 0 Å². The highest BCUT2D eigenvalue weighted by molar-refractivity contribution is 5.99. The number of benzene rings is 2. The van der Waals surface area contributed by atoms with Gasteiger partial charge in [-0.3, -0.25) is 4.79 Å². The van der Waals surface area contributed by atoms with Gasteiger partial charge in [-0.15, -0.1) is 0 Å². The number of rotatable bonds is 6. The molecule has 2 N–H and O–H groups in total. The average molecular weight is 542 g/mol. The van der Waals surface area contributed by atoms with Crippen LogP contribution in [0.25, 0.3) is 22.3 Å². The number of hydrogen-bond donors (Lipinski definition) is 1. The Morgan fingerprint density at radius 2 is 1.85 bits per heavy atom. The molecule has 202 valence electrons. The predicted octanol–water partition coefficient (Wildman–Crippen LogP) is 5.17. The largest absolute Gasteiger partial charge is 0.451 e. The second-order valence-corrected chi connectivity index (χ2v) is 10.0. The van der Waals surface area contributed by atoms with Crippen LogP contribution < -0.4 is 10.5 Å². The maximum absolute atomic E-state index is 14.0. The fourth-order valence-electron chi connectivity index (χ4n) is 4.99. The lowest BCUT2D eigenvalue weighted by Gasteiger charge is -2.32. The highest BCUT2D eigenvalue weighted by Gasteiger charge is 2.31. The summed E-state index contributed by atoms with van der Waals surface area (Å²) in [5.74, 6) is -1.53. The Bertz CT molecular complexity index is 1650. The summed E-state index contributed by atoms with van der Waals surface area (Å²) in [6.45, 7) is 0.940. The summed E-state index contributed by atoms with van der Waals surface area (Å²) in [4.78, 5) is 23.4. The molecule has 0 unspecified atom stereocenters. The molecule has 11 heteroatoms. The van der Waals surface area contributed by atoms with Crippen LogP contribution in [-0.4, -0.2) is 43.6 Å². The van der Waals surface area contributed by atoms with Crippen LogP contribution in [0.4, 0.5) is 14.6 Å². The molecule has 3 heterocycles. The Kier molecular flexibility index (Phi) is 6.59. The molecule has 40 heavy (non-hydrogen) atoms. The van der Waals surface area contributed by atoms with Gasteiger partial charge < -0.3 is 15.4 Å². The number of para-hydroxylation sites is 1. The average Bonchev–Trinajstić information content (AvgIpc) is 3.71. The van der Waals surface area contributed by atoms with E-state index < -0.39 is 17.4 Å². The van der Waals surface area contributed by atoms with Crippen molar-refractivity contribution in [1.29, 1.82) is 5.26 Å². The number of ether oxygens (including phenoxy) is 1. The number of aromatic nitrogens is 4. The van der Waals surface area contributed by atoms with E-state index in [0.717, 1.165) is 37.8 Å². The molecule has 0 spiro atoms. The molecule has 9 nitrogen and oxygen atoms in total. The van der Waals surface area contributed by atoms with Crippen molar-refractivity contribution in [3.8, 4) is 28.8 Å². The first kappa shape index (κ1) is 25.4. The Morgan fingerprint density at radius 1 is 1.10 bits per heavy atom. The molecule has 2 aliphatic rings. The van der Waals surface area contributed by atoms with Gasteiger partial charge in [0.25, 0.3) is 5.91 Å².